The van der Waals surface area contributed by atoms with Crippen molar-refractivity contribution in [3.63, 3.8) is 0 Å². The molecule has 35 heavy (non-hydrogen) atoms. The van der Waals surface area contributed by atoms with Gasteiger partial charge in [0.05, 0.1) is 17.0 Å². The van der Waals surface area contributed by atoms with Crippen molar-refractivity contribution in [3.05, 3.63) is 77.8 Å². The van der Waals surface area contributed by atoms with E-state index < -0.39 is 28.3 Å². The molecule has 0 radical (unpaired) electrons. The van der Waals surface area contributed by atoms with Crippen LogP contribution in [0.4, 0.5) is 4.79 Å². The summed E-state index contributed by atoms with van der Waals surface area (Å²) in [6, 6.07) is 14.6. The van der Waals surface area contributed by atoms with E-state index in [4.69, 9.17) is 16.3 Å². The van der Waals surface area contributed by atoms with Crippen molar-refractivity contribution >= 4 is 27.7 Å². The van der Waals surface area contributed by atoms with Gasteiger partial charge in [0.25, 0.3) is 0 Å². The third kappa shape index (κ3) is 8.07. The number of sulfonamides is 1. The number of benzene rings is 2. The number of alkyl carbamates (subject to hydrolysis) is 1. The Hall–Kier alpha value is -2.39. The van der Waals surface area contributed by atoms with Crippen molar-refractivity contribution in [1.82, 2.24) is 9.62 Å². The number of nitrogens with zero attached hydrogens (tertiary/aromatic N) is 1. The van der Waals surface area contributed by atoms with Gasteiger partial charge in [-0.2, -0.15) is 4.31 Å². The second kappa shape index (κ2) is 13.1. The quantitative estimate of drug-likeness (QED) is 0.404. The number of nitrogens with one attached hydrogen (secondary N) is 1. The highest BCUT2D eigenvalue weighted by molar-refractivity contribution is 7.89. The molecule has 0 unspecified atom stereocenters. The average molecular weight is 521 g/mol. The highest BCUT2D eigenvalue weighted by atomic mass is 35.5. The van der Waals surface area contributed by atoms with Gasteiger partial charge in [0, 0.05) is 18.1 Å². The molecule has 0 saturated heterocycles. The van der Waals surface area contributed by atoms with E-state index >= 15 is 0 Å². The fourth-order valence-electron chi connectivity index (χ4n) is 4.32. The van der Waals surface area contributed by atoms with Crippen LogP contribution in [-0.2, 0) is 21.2 Å². The molecule has 1 saturated carbocycles. The first kappa shape index (κ1) is 27.2. The zero-order valence-electron chi connectivity index (χ0n) is 19.7. The topological polar surface area (TPSA) is 95.9 Å². The summed E-state index contributed by atoms with van der Waals surface area (Å²) < 4.78 is 33.5. The van der Waals surface area contributed by atoms with Crippen molar-refractivity contribution in [2.24, 2.45) is 5.92 Å². The van der Waals surface area contributed by atoms with Crippen LogP contribution in [0.15, 0.2) is 72.1 Å². The van der Waals surface area contributed by atoms with Gasteiger partial charge in [0.15, 0.2) is 0 Å². The summed E-state index contributed by atoms with van der Waals surface area (Å²) in [7, 11) is -3.89. The molecule has 0 aliphatic heterocycles. The molecule has 2 atom stereocenters. The van der Waals surface area contributed by atoms with E-state index in [1.54, 1.807) is 0 Å². The van der Waals surface area contributed by atoms with Crippen molar-refractivity contribution in [2.45, 2.75) is 49.1 Å². The molecule has 2 N–H and O–H groups in total. The van der Waals surface area contributed by atoms with E-state index in [9.17, 15) is 18.3 Å². The summed E-state index contributed by atoms with van der Waals surface area (Å²) in [4.78, 5) is 12.4. The van der Waals surface area contributed by atoms with E-state index in [0.717, 1.165) is 31.2 Å². The Morgan fingerprint density at radius 2 is 1.83 bits per heavy atom. The second-order valence-electron chi connectivity index (χ2n) is 8.82. The second-order valence-corrected chi connectivity index (χ2v) is 11.2. The third-order valence-corrected chi connectivity index (χ3v) is 8.27. The van der Waals surface area contributed by atoms with Crippen LogP contribution < -0.4 is 5.32 Å². The summed E-state index contributed by atoms with van der Waals surface area (Å²) in [6.07, 6.45) is 3.91. The first-order valence-corrected chi connectivity index (χ1v) is 13.6. The number of aliphatic hydroxyl groups excluding tert-OH is 1. The SMILES string of the molecule is C=CCOC(=O)N[C@@H](Cc1ccccc1)[C@H](O)CN(CC1CCCC1)S(=O)(=O)c1ccc(Cl)cc1. The minimum atomic E-state index is -3.89. The molecule has 1 aliphatic carbocycles. The molecule has 1 fully saturated rings. The number of rotatable bonds is 12. The summed E-state index contributed by atoms with van der Waals surface area (Å²) in [6.45, 7) is 3.70. The molecule has 9 heteroatoms. The predicted octanol–water partition coefficient (Wildman–Crippen LogP) is 4.41. The molecule has 1 amide bonds. The molecule has 1 aliphatic rings. The van der Waals surface area contributed by atoms with E-state index in [0.29, 0.717) is 18.0 Å². The lowest BCUT2D eigenvalue weighted by Gasteiger charge is -2.31. The summed E-state index contributed by atoms with van der Waals surface area (Å²) in [5.74, 6) is 0.224. The van der Waals surface area contributed by atoms with Gasteiger partial charge in [-0.05, 0) is 55.0 Å². The zero-order valence-corrected chi connectivity index (χ0v) is 21.3. The van der Waals surface area contributed by atoms with Gasteiger partial charge in [-0.1, -0.05) is 67.4 Å². The van der Waals surface area contributed by atoms with Gasteiger partial charge in [0.1, 0.15) is 6.61 Å². The Morgan fingerprint density at radius 1 is 1.17 bits per heavy atom. The number of carbonyl (C=O) groups is 1. The van der Waals surface area contributed by atoms with E-state index in [1.165, 1.54) is 34.6 Å². The Kier molecular flexibility index (Phi) is 10.2. The molecular weight excluding hydrogens is 488 g/mol. The maximum absolute atomic E-state index is 13.6. The molecule has 3 rings (SSSR count). The maximum Gasteiger partial charge on any atom is 0.407 e. The van der Waals surface area contributed by atoms with Crippen molar-refractivity contribution < 1.29 is 23.1 Å². The lowest BCUT2D eigenvalue weighted by Crippen LogP contribution is -2.51. The van der Waals surface area contributed by atoms with Crippen LogP contribution in [-0.4, -0.2) is 55.8 Å². The zero-order chi connectivity index (χ0) is 25.3. The number of hydrogen-bond acceptors (Lipinski definition) is 5. The Labute approximate surface area is 212 Å². The van der Waals surface area contributed by atoms with Gasteiger partial charge in [-0.15, -0.1) is 0 Å². The van der Waals surface area contributed by atoms with Gasteiger partial charge in [-0.25, -0.2) is 13.2 Å². The third-order valence-electron chi connectivity index (χ3n) is 6.18. The molecule has 0 bridgehead atoms. The highest BCUT2D eigenvalue weighted by Gasteiger charge is 2.33. The Balaban J connectivity index is 1.84. The van der Waals surface area contributed by atoms with Gasteiger partial charge >= 0.3 is 6.09 Å². The number of carbonyl (C=O) groups excluding carboxylic acids is 1. The molecule has 0 heterocycles. The van der Waals surface area contributed by atoms with Crippen molar-refractivity contribution in [3.8, 4) is 0 Å². The van der Waals surface area contributed by atoms with Crippen LogP contribution in [0.1, 0.15) is 31.2 Å². The average Bonchev–Trinajstić information content (AvgIpc) is 3.36. The van der Waals surface area contributed by atoms with Crippen LogP contribution in [0.5, 0.6) is 0 Å². The Morgan fingerprint density at radius 3 is 2.46 bits per heavy atom. The van der Waals surface area contributed by atoms with Crippen LogP contribution >= 0.6 is 11.6 Å². The fourth-order valence-corrected chi connectivity index (χ4v) is 5.98. The molecule has 2 aromatic carbocycles. The standard InChI is InChI=1S/C26H33ClN2O5S/c1-2-16-34-26(31)28-24(17-20-8-4-3-5-9-20)25(30)19-29(18-21-10-6-7-11-21)35(32,33)23-14-12-22(27)13-15-23/h2-5,8-9,12-15,21,24-25,30H,1,6-7,10-11,16-19H2,(H,28,31)/t24-,25+/m0/s1. The first-order chi connectivity index (χ1) is 16.8. The minimum absolute atomic E-state index is 0.0265. The monoisotopic (exact) mass is 520 g/mol. The van der Waals surface area contributed by atoms with Crippen molar-refractivity contribution in [1.29, 1.82) is 0 Å². The summed E-state index contributed by atoms with van der Waals surface area (Å²) >= 11 is 5.96. The summed E-state index contributed by atoms with van der Waals surface area (Å²) in [5.41, 5.74) is 0.892. The fraction of sp³-hybridized carbons (Fsp3) is 0.423. The van der Waals surface area contributed by atoms with Crippen LogP contribution in [0.3, 0.4) is 0 Å². The molecular formula is C26H33ClN2O5S. The number of ether oxygens (including phenoxy) is 1. The van der Waals surface area contributed by atoms with E-state index in [1.807, 2.05) is 30.3 Å². The number of amides is 1. The molecule has 2 aromatic rings. The molecule has 0 spiro atoms. The van der Waals surface area contributed by atoms with Crippen molar-refractivity contribution in [2.75, 3.05) is 19.7 Å². The van der Waals surface area contributed by atoms with Gasteiger partial charge in [-0.3, -0.25) is 0 Å². The minimum Gasteiger partial charge on any atom is -0.445 e. The van der Waals surface area contributed by atoms with E-state index in [-0.39, 0.29) is 24.0 Å². The first-order valence-electron chi connectivity index (χ1n) is 11.8. The highest BCUT2D eigenvalue weighted by Crippen LogP contribution is 2.28. The number of halogens is 1. The molecule has 190 valence electrons. The molecule has 7 nitrogen and oxygen atoms in total. The van der Waals surface area contributed by atoms with Crippen LogP contribution in [0, 0.1) is 5.92 Å². The van der Waals surface area contributed by atoms with Crippen LogP contribution in [0.2, 0.25) is 5.02 Å². The summed E-state index contributed by atoms with van der Waals surface area (Å²) in [5, 5.41) is 14.4. The van der Waals surface area contributed by atoms with Gasteiger partial charge in [0.2, 0.25) is 10.0 Å². The maximum atomic E-state index is 13.6. The normalized spacial score (nSPS) is 16.1. The van der Waals surface area contributed by atoms with Crippen LogP contribution in [0.25, 0.3) is 0 Å². The predicted molar refractivity (Wildman–Crippen MR) is 137 cm³/mol. The lowest BCUT2D eigenvalue weighted by molar-refractivity contribution is 0.0912. The Bertz CT molecular complexity index is 1060. The number of hydrogen-bond donors (Lipinski definition) is 2. The lowest BCUT2D eigenvalue weighted by atomic mass is 10.0. The smallest absolute Gasteiger partial charge is 0.407 e. The molecule has 0 aromatic heterocycles. The largest absolute Gasteiger partial charge is 0.445 e. The number of aliphatic hydroxyl groups is 1. The van der Waals surface area contributed by atoms with Gasteiger partial charge < -0.3 is 15.2 Å². The van der Waals surface area contributed by atoms with E-state index in [2.05, 4.69) is 11.9 Å².